The van der Waals surface area contributed by atoms with Crippen molar-refractivity contribution < 1.29 is 28.6 Å². The summed E-state index contributed by atoms with van der Waals surface area (Å²) >= 11 is 0. The van der Waals surface area contributed by atoms with Crippen molar-refractivity contribution in [1.29, 1.82) is 0 Å². The predicted molar refractivity (Wildman–Crippen MR) is 114 cm³/mol. The summed E-state index contributed by atoms with van der Waals surface area (Å²) in [4.78, 5) is 39.2. The van der Waals surface area contributed by atoms with Crippen molar-refractivity contribution in [3.05, 3.63) is 53.1 Å². The highest BCUT2D eigenvalue weighted by molar-refractivity contribution is 6.04. The van der Waals surface area contributed by atoms with Crippen LogP contribution in [0.1, 0.15) is 27.9 Å². The Morgan fingerprint density at radius 2 is 1.71 bits per heavy atom. The van der Waals surface area contributed by atoms with Crippen molar-refractivity contribution in [2.24, 2.45) is 5.92 Å². The van der Waals surface area contributed by atoms with Gasteiger partial charge >= 0.3 is 5.97 Å². The highest BCUT2D eigenvalue weighted by atomic mass is 16.5. The number of hydrogen-bond donors (Lipinski definition) is 1. The number of anilines is 1. The second-order valence-electron chi connectivity index (χ2n) is 7.39. The first-order chi connectivity index (χ1) is 14.9. The summed E-state index contributed by atoms with van der Waals surface area (Å²) in [6, 6.07) is 10.9. The van der Waals surface area contributed by atoms with Gasteiger partial charge in [0.25, 0.3) is 0 Å². The number of methoxy groups -OCH3 is 3. The maximum atomic E-state index is 12.9. The summed E-state index contributed by atoms with van der Waals surface area (Å²) in [5, 5.41) is 2.75. The van der Waals surface area contributed by atoms with Crippen LogP contribution in [0.3, 0.4) is 0 Å². The molecule has 0 bridgehead atoms. The Morgan fingerprint density at radius 3 is 2.32 bits per heavy atom. The molecule has 1 fully saturated rings. The summed E-state index contributed by atoms with van der Waals surface area (Å²) in [7, 11) is 4.16. The van der Waals surface area contributed by atoms with Crippen LogP contribution < -0.4 is 14.8 Å². The average Bonchev–Trinajstić information content (AvgIpc) is 3.14. The molecule has 1 aliphatic heterocycles. The fourth-order valence-corrected chi connectivity index (χ4v) is 3.51. The van der Waals surface area contributed by atoms with Gasteiger partial charge in [0.2, 0.25) is 11.8 Å². The zero-order valence-electron chi connectivity index (χ0n) is 18.1. The van der Waals surface area contributed by atoms with E-state index in [-0.39, 0.29) is 29.5 Å². The number of nitrogens with one attached hydrogen (secondary N) is 1. The summed E-state index contributed by atoms with van der Waals surface area (Å²) in [5.74, 6) is -0.898. The molecule has 0 aromatic heterocycles. The van der Waals surface area contributed by atoms with Crippen LogP contribution in [0.25, 0.3) is 0 Å². The maximum absolute atomic E-state index is 12.9. The lowest BCUT2D eigenvalue weighted by molar-refractivity contribution is -0.128. The van der Waals surface area contributed by atoms with E-state index in [0.717, 1.165) is 11.1 Å². The number of carbonyl (C=O) groups excluding carboxylic acids is 3. The SMILES string of the molecule is COC(=O)c1cc(OC)c(OC)cc1NC(=O)[C@@H]1CC(=O)N(Cc2ccc(C)cc2)C1. The van der Waals surface area contributed by atoms with Gasteiger partial charge in [-0.05, 0) is 12.5 Å². The van der Waals surface area contributed by atoms with Gasteiger partial charge in [-0.2, -0.15) is 0 Å². The van der Waals surface area contributed by atoms with E-state index in [1.807, 2.05) is 31.2 Å². The predicted octanol–water partition coefficient (Wildman–Crippen LogP) is 2.79. The van der Waals surface area contributed by atoms with Crippen LogP contribution in [0.15, 0.2) is 36.4 Å². The number of amides is 2. The van der Waals surface area contributed by atoms with Crippen molar-refractivity contribution in [2.45, 2.75) is 19.9 Å². The molecule has 3 rings (SSSR count). The molecule has 1 N–H and O–H groups in total. The number of carbonyl (C=O) groups is 3. The first-order valence-electron chi connectivity index (χ1n) is 9.84. The van der Waals surface area contributed by atoms with Gasteiger partial charge in [0.1, 0.15) is 0 Å². The molecule has 1 aliphatic rings. The van der Waals surface area contributed by atoms with E-state index >= 15 is 0 Å². The Labute approximate surface area is 181 Å². The number of likely N-dealkylation sites (tertiary alicyclic amines) is 1. The Bertz CT molecular complexity index is 986. The van der Waals surface area contributed by atoms with Gasteiger partial charge in [-0.25, -0.2) is 4.79 Å². The van der Waals surface area contributed by atoms with E-state index < -0.39 is 11.9 Å². The number of hydrogen-bond acceptors (Lipinski definition) is 6. The van der Waals surface area contributed by atoms with Crippen LogP contribution in [0.5, 0.6) is 11.5 Å². The number of ether oxygens (including phenoxy) is 3. The topological polar surface area (TPSA) is 94.2 Å². The first-order valence-corrected chi connectivity index (χ1v) is 9.84. The van der Waals surface area contributed by atoms with Gasteiger partial charge in [0, 0.05) is 31.6 Å². The molecule has 2 aromatic carbocycles. The van der Waals surface area contributed by atoms with Gasteiger partial charge in [-0.3, -0.25) is 9.59 Å². The Morgan fingerprint density at radius 1 is 1.06 bits per heavy atom. The normalized spacial score (nSPS) is 15.5. The van der Waals surface area contributed by atoms with E-state index in [9.17, 15) is 14.4 Å². The monoisotopic (exact) mass is 426 g/mol. The van der Waals surface area contributed by atoms with E-state index in [0.29, 0.717) is 24.6 Å². The largest absolute Gasteiger partial charge is 0.493 e. The van der Waals surface area contributed by atoms with Gasteiger partial charge in [0.15, 0.2) is 11.5 Å². The van der Waals surface area contributed by atoms with Crippen LogP contribution in [0.2, 0.25) is 0 Å². The molecular weight excluding hydrogens is 400 g/mol. The van der Waals surface area contributed by atoms with Crippen molar-refractivity contribution in [1.82, 2.24) is 4.90 Å². The summed E-state index contributed by atoms with van der Waals surface area (Å²) < 4.78 is 15.3. The summed E-state index contributed by atoms with van der Waals surface area (Å²) in [5.41, 5.74) is 2.52. The molecule has 8 nitrogen and oxygen atoms in total. The highest BCUT2D eigenvalue weighted by Gasteiger charge is 2.35. The van der Waals surface area contributed by atoms with E-state index in [1.165, 1.54) is 33.5 Å². The van der Waals surface area contributed by atoms with E-state index in [2.05, 4.69) is 5.32 Å². The van der Waals surface area contributed by atoms with Gasteiger partial charge in [-0.1, -0.05) is 29.8 Å². The number of aryl methyl sites for hydroxylation is 1. The summed E-state index contributed by atoms with van der Waals surface area (Å²) in [6.45, 7) is 2.76. The number of nitrogens with zero attached hydrogens (tertiary/aromatic N) is 1. The Kier molecular flexibility index (Phi) is 6.79. The minimum Gasteiger partial charge on any atom is -0.493 e. The molecule has 0 unspecified atom stereocenters. The minimum absolute atomic E-state index is 0.0822. The molecular formula is C23H26N2O6. The van der Waals surface area contributed by atoms with Gasteiger partial charge in [0.05, 0.1) is 38.5 Å². The van der Waals surface area contributed by atoms with E-state index in [4.69, 9.17) is 14.2 Å². The highest BCUT2D eigenvalue weighted by Crippen LogP contribution is 2.34. The molecule has 0 spiro atoms. The number of esters is 1. The molecule has 0 saturated carbocycles. The molecule has 1 atom stereocenters. The zero-order valence-corrected chi connectivity index (χ0v) is 18.1. The van der Waals surface area contributed by atoms with Crippen molar-refractivity contribution in [3.8, 4) is 11.5 Å². The standard InChI is InChI=1S/C23H26N2O6/c1-14-5-7-15(8-6-14)12-25-13-16(9-21(25)26)22(27)24-18-11-20(30-3)19(29-2)10-17(18)23(28)31-4/h5-8,10-11,16H,9,12-13H2,1-4H3,(H,24,27)/t16-/m1/s1. The van der Waals surface area contributed by atoms with Gasteiger partial charge in [-0.15, -0.1) is 0 Å². The molecule has 31 heavy (non-hydrogen) atoms. The van der Waals surface area contributed by atoms with Crippen LogP contribution in [0, 0.1) is 12.8 Å². The molecule has 164 valence electrons. The third kappa shape index (κ3) is 4.96. The maximum Gasteiger partial charge on any atom is 0.340 e. The fourth-order valence-electron chi connectivity index (χ4n) is 3.51. The average molecular weight is 426 g/mol. The Balaban J connectivity index is 1.76. The smallest absolute Gasteiger partial charge is 0.340 e. The van der Waals surface area contributed by atoms with Crippen LogP contribution in [0.4, 0.5) is 5.69 Å². The zero-order chi connectivity index (χ0) is 22.5. The molecule has 8 heteroatoms. The molecule has 2 aromatic rings. The second-order valence-corrected chi connectivity index (χ2v) is 7.39. The third-order valence-corrected chi connectivity index (χ3v) is 5.27. The van der Waals surface area contributed by atoms with Crippen molar-refractivity contribution in [2.75, 3.05) is 33.2 Å². The first kappa shape index (κ1) is 22.1. The van der Waals surface area contributed by atoms with Crippen LogP contribution in [-0.2, 0) is 20.9 Å². The molecule has 0 radical (unpaired) electrons. The lowest BCUT2D eigenvalue weighted by Crippen LogP contribution is -2.28. The fraction of sp³-hybridized carbons (Fsp3) is 0.348. The van der Waals surface area contributed by atoms with Crippen molar-refractivity contribution in [3.63, 3.8) is 0 Å². The van der Waals surface area contributed by atoms with E-state index in [1.54, 1.807) is 4.90 Å². The lowest BCUT2D eigenvalue weighted by Gasteiger charge is -2.18. The molecule has 2 amide bonds. The molecule has 0 aliphatic carbocycles. The van der Waals surface area contributed by atoms with Gasteiger partial charge < -0.3 is 24.4 Å². The number of rotatable bonds is 7. The molecule has 1 saturated heterocycles. The Hall–Kier alpha value is -3.55. The molecule has 1 heterocycles. The second kappa shape index (κ2) is 9.51. The van der Waals surface area contributed by atoms with Crippen LogP contribution in [-0.4, -0.2) is 50.6 Å². The third-order valence-electron chi connectivity index (χ3n) is 5.27. The number of benzene rings is 2. The van der Waals surface area contributed by atoms with Crippen LogP contribution >= 0.6 is 0 Å². The minimum atomic E-state index is -0.625. The quantitative estimate of drug-likeness (QED) is 0.685. The lowest BCUT2D eigenvalue weighted by atomic mass is 10.1. The van der Waals surface area contributed by atoms with Crippen molar-refractivity contribution >= 4 is 23.5 Å². The summed E-state index contributed by atoms with van der Waals surface area (Å²) in [6.07, 6.45) is 0.110.